The van der Waals surface area contributed by atoms with Crippen LogP contribution in [0.2, 0.25) is 0 Å². The molecule has 0 aliphatic rings. The maximum atomic E-state index is 12.8. The molecular formula is C26H24O6. The molecule has 164 valence electrons. The molecule has 0 amide bonds. The van der Waals surface area contributed by atoms with Gasteiger partial charge in [0.2, 0.25) is 5.76 Å². The lowest BCUT2D eigenvalue weighted by Gasteiger charge is -2.13. The van der Waals surface area contributed by atoms with Crippen LogP contribution in [-0.4, -0.2) is 13.1 Å². The molecule has 0 radical (unpaired) electrons. The van der Waals surface area contributed by atoms with Crippen LogP contribution in [0, 0.1) is 20.8 Å². The molecule has 32 heavy (non-hydrogen) atoms. The molecule has 0 saturated carbocycles. The molecule has 0 atom stereocenters. The van der Waals surface area contributed by atoms with Crippen LogP contribution in [0.3, 0.4) is 0 Å². The van der Waals surface area contributed by atoms with Crippen molar-refractivity contribution < 1.29 is 23.1 Å². The van der Waals surface area contributed by atoms with E-state index in [0.29, 0.717) is 29.1 Å². The molecule has 0 fully saturated rings. The monoisotopic (exact) mass is 432 g/mol. The second-order valence-electron chi connectivity index (χ2n) is 7.69. The van der Waals surface area contributed by atoms with E-state index in [9.17, 15) is 9.59 Å². The number of methoxy groups -OCH3 is 1. The lowest BCUT2D eigenvalue weighted by atomic mass is 9.98. The number of benzene rings is 2. The Morgan fingerprint density at radius 3 is 2.44 bits per heavy atom. The van der Waals surface area contributed by atoms with Gasteiger partial charge < -0.3 is 18.3 Å². The third-order valence-corrected chi connectivity index (χ3v) is 5.67. The fourth-order valence-electron chi connectivity index (χ4n) is 3.75. The highest BCUT2D eigenvalue weighted by Gasteiger charge is 2.18. The van der Waals surface area contributed by atoms with Gasteiger partial charge in [-0.2, -0.15) is 0 Å². The molecule has 0 N–H and O–H groups in total. The maximum absolute atomic E-state index is 12.8. The molecule has 0 aliphatic carbocycles. The van der Waals surface area contributed by atoms with Crippen molar-refractivity contribution in [3.05, 3.63) is 98.3 Å². The Bertz CT molecular complexity index is 1340. The van der Waals surface area contributed by atoms with Gasteiger partial charge in [0, 0.05) is 28.5 Å². The van der Waals surface area contributed by atoms with Gasteiger partial charge in [0.25, 0.3) is 0 Å². The zero-order valence-corrected chi connectivity index (χ0v) is 18.5. The summed E-state index contributed by atoms with van der Waals surface area (Å²) < 4.78 is 21.8. The number of carbonyl (C=O) groups excluding carboxylic acids is 1. The van der Waals surface area contributed by atoms with Gasteiger partial charge in [-0.3, -0.25) is 0 Å². The summed E-state index contributed by atoms with van der Waals surface area (Å²) in [5.41, 5.74) is 4.27. The Morgan fingerprint density at radius 2 is 1.72 bits per heavy atom. The molecule has 4 aromatic rings. The first-order valence-corrected chi connectivity index (χ1v) is 10.3. The third-order valence-electron chi connectivity index (χ3n) is 5.67. The van der Waals surface area contributed by atoms with Crippen LogP contribution >= 0.6 is 0 Å². The minimum absolute atomic E-state index is 0.131. The predicted octanol–water partition coefficient (Wildman–Crippen LogP) is 5.27. The summed E-state index contributed by atoms with van der Waals surface area (Å²) in [7, 11) is 1.30. The molecule has 2 heterocycles. The van der Waals surface area contributed by atoms with Gasteiger partial charge in [0.05, 0.1) is 7.11 Å². The molecular weight excluding hydrogens is 408 g/mol. The van der Waals surface area contributed by atoms with Gasteiger partial charge in [-0.05, 0) is 50.1 Å². The summed E-state index contributed by atoms with van der Waals surface area (Å²) in [6, 6.07) is 15.2. The van der Waals surface area contributed by atoms with Gasteiger partial charge in [-0.25, -0.2) is 9.59 Å². The van der Waals surface area contributed by atoms with Crippen LogP contribution in [0.4, 0.5) is 0 Å². The number of esters is 1. The van der Waals surface area contributed by atoms with Crippen molar-refractivity contribution in [1.82, 2.24) is 0 Å². The number of furan rings is 1. The average molecular weight is 432 g/mol. The number of fused-ring (bicyclic) bond motifs is 1. The first kappa shape index (κ1) is 21.4. The highest BCUT2D eigenvalue weighted by atomic mass is 16.5. The third kappa shape index (κ3) is 4.04. The average Bonchev–Trinajstić information content (AvgIpc) is 3.17. The van der Waals surface area contributed by atoms with Gasteiger partial charge in [0.1, 0.15) is 23.7 Å². The van der Waals surface area contributed by atoms with Gasteiger partial charge in [0.15, 0.2) is 0 Å². The standard InChI is InChI=1S/C26H24O6/c1-15-20-10-11-22(30-14-19-13-23(26(28)29-4)31-17(19)3)16(2)24(20)32-25(27)21(15)12-18-8-6-5-7-9-18/h5-11,13H,12,14H2,1-4H3. The SMILES string of the molecule is COC(=O)c1cc(COc2ccc3c(C)c(Cc4ccccc4)c(=O)oc3c2C)c(C)o1. The van der Waals surface area contributed by atoms with Crippen molar-refractivity contribution in [2.75, 3.05) is 7.11 Å². The normalized spacial score (nSPS) is 11.0. The van der Waals surface area contributed by atoms with Crippen molar-refractivity contribution in [1.29, 1.82) is 0 Å². The number of ether oxygens (including phenoxy) is 2. The van der Waals surface area contributed by atoms with Crippen LogP contribution in [0.1, 0.15) is 44.1 Å². The minimum Gasteiger partial charge on any atom is -0.488 e. The largest absolute Gasteiger partial charge is 0.488 e. The molecule has 0 saturated heterocycles. The highest BCUT2D eigenvalue weighted by Crippen LogP contribution is 2.31. The lowest BCUT2D eigenvalue weighted by Crippen LogP contribution is -2.11. The van der Waals surface area contributed by atoms with Crippen LogP contribution in [-0.2, 0) is 17.8 Å². The van der Waals surface area contributed by atoms with Crippen molar-refractivity contribution in [2.45, 2.75) is 33.8 Å². The fourth-order valence-corrected chi connectivity index (χ4v) is 3.75. The molecule has 0 spiro atoms. The number of hydrogen-bond acceptors (Lipinski definition) is 6. The molecule has 2 aromatic heterocycles. The molecule has 6 nitrogen and oxygen atoms in total. The van der Waals surface area contributed by atoms with Gasteiger partial charge in [-0.15, -0.1) is 0 Å². The van der Waals surface area contributed by atoms with E-state index in [2.05, 4.69) is 4.74 Å². The van der Waals surface area contributed by atoms with E-state index < -0.39 is 5.97 Å². The Hall–Kier alpha value is -3.80. The summed E-state index contributed by atoms with van der Waals surface area (Å²) in [5, 5.41) is 0.882. The van der Waals surface area contributed by atoms with E-state index in [0.717, 1.165) is 27.6 Å². The van der Waals surface area contributed by atoms with E-state index in [4.69, 9.17) is 13.6 Å². The zero-order chi connectivity index (χ0) is 22.8. The van der Waals surface area contributed by atoms with Crippen LogP contribution < -0.4 is 10.4 Å². The molecule has 6 heteroatoms. The molecule has 0 bridgehead atoms. The van der Waals surface area contributed by atoms with E-state index in [1.807, 2.05) is 56.3 Å². The van der Waals surface area contributed by atoms with Crippen molar-refractivity contribution in [2.24, 2.45) is 0 Å². The first-order chi connectivity index (χ1) is 15.4. The van der Waals surface area contributed by atoms with Crippen molar-refractivity contribution in [3.63, 3.8) is 0 Å². The predicted molar refractivity (Wildman–Crippen MR) is 120 cm³/mol. The number of aryl methyl sites for hydroxylation is 3. The van der Waals surface area contributed by atoms with Gasteiger partial charge in [-0.1, -0.05) is 30.3 Å². The molecule has 0 aliphatic heterocycles. The highest BCUT2D eigenvalue weighted by molar-refractivity contribution is 5.87. The summed E-state index contributed by atoms with van der Waals surface area (Å²) >= 11 is 0. The molecule has 2 aromatic carbocycles. The topological polar surface area (TPSA) is 78.9 Å². The van der Waals surface area contributed by atoms with Crippen LogP contribution in [0.25, 0.3) is 11.0 Å². The Balaban J connectivity index is 1.63. The zero-order valence-electron chi connectivity index (χ0n) is 18.5. The Kier molecular flexibility index (Phi) is 5.86. The van der Waals surface area contributed by atoms with E-state index in [-0.39, 0.29) is 18.0 Å². The summed E-state index contributed by atoms with van der Waals surface area (Å²) in [5.74, 6) is 0.768. The Morgan fingerprint density at radius 1 is 0.969 bits per heavy atom. The molecule has 4 rings (SSSR count). The maximum Gasteiger partial charge on any atom is 0.373 e. The van der Waals surface area contributed by atoms with Crippen LogP contribution in [0.5, 0.6) is 5.75 Å². The van der Waals surface area contributed by atoms with Crippen molar-refractivity contribution >= 4 is 16.9 Å². The number of hydrogen-bond donors (Lipinski definition) is 0. The van der Waals surface area contributed by atoms with E-state index >= 15 is 0 Å². The number of rotatable bonds is 6. The van der Waals surface area contributed by atoms with Crippen LogP contribution in [0.15, 0.2) is 62.2 Å². The Labute approximate surface area is 185 Å². The fraction of sp³-hybridized carbons (Fsp3) is 0.231. The lowest BCUT2D eigenvalue weighted by molar-refractivity contribution is 0.0563. The minimum atomic E-state index is -0.537. The summed E-state index contributed by atoms with van der Waals surface area (Å²) in [4.78, 5) is 24.4. The van der Waals surface area contributed by atoms with E-state index in [1.165, 1.54) is 7.11 Å². The van der Waals surface area contributed by atoms with Gasteiger partial charge >= 0.3 is 11.6 Å². The van der Waals surface area contributed by atoms with Crippen molar-refractivity contribution in [3.8, 4) is 5.75 Å². The first-order valence-electron chi connectivity index (χ1n) is 10.3. The second-order valence-corrected chi connectivity index (χ2v) is 7.69. The summed E-state index contributed by atoms with van der Waals surface area (Å²) in [6.07, 6.45) is 0.518. The number of carbonyl (C=O) groups is 1. The molecule has 0 unspecified atom stereocenters. The summed E-state index contributed by atoms with van der Waals surface area (Å²) in [6.45, 7) is 5.77. The second kappa shape index (κ2) is 8.75. The quantitative estimate of drug-likeness (QED) is 0.305. The van der Waals surface area contributed by atoms with E-state index in [1.54, 1.807) is 13.0 Å². The smallest absolute Gasteiger partial charge is 0.373 e.